The van der Waals surface area contributed by atoms with E-state index in [9.17, 15) is 9.59 Å². The molecule has 1 aliphatic heterocycles. The minimum absolute atomic E-state index is 0.0469. The van der Waals surface area contributed by atoms with E-state index in [1.807, 2.05) is 44.3 Å². The summed E-state index contributed by atoms with van der Waals surface area (Å²) in [7, 11) is 1.93. The maximum atomic E-state index is 12.1. The van der Waals surface area contributed by atoms with Crippen LogP contribution in [0, 0.1) is 0 Å². The van der Waals surface area contributed by atoms with Crippen molar-refractivity contribution >= 4 is 47.2 Å². The second-order valence-electron chi connectivity index (χ2n) is 9.11. The highest BCUT2D eigenvalue weighted by Crippen LogP contribution is 2.33. The zero-order chi connectivity index (χ0) is 24.4. The van der Waals surface area contributed by atoms with Crippen LogP contribution in [0.1, 0.15) is 40.0 Å². The van der Waals surface area contributed by atoms with Crippen LogP contribution in [0.2, 0.25) is 10.0 Å². The highest BCUT2D eigenvalue weighted by molar-refractivity contribution is 7.97. The molecule has 0 aromatic heterocycles. The second-order valence-corrected chi connectivity index (χ2v) is 11.1. The number of halogens is 2. The molecule has 0 atom stereocenters. The second kappa shape index (κ2) is 13.6. The summed E-state index contributed by atoms with van der Waals surface area (Å²) < 4.78 is 7.41. The van der Waals surface area contributed by atoms with Crippen molar-refractivity contribution in [3.8, 4) is 0 Å². The van der Waals surface area contributed by atoms with Crippen LogP contribution in [-0.4, -0.2) is 84.6 Å². The lowest BCUT2D eigenvalue weighted by Gasteiger charge is -2.35. The van der Waals surface area contributed by atoms with Gasteiger partial charge in [0, 0.05) is 50.6 Å². The number of piperazine rings is 1. The lowest BCUT2D eigenvalue weighted by Crippen LogP contribution is -2.50. The third-order valence-electron chi connectivity index (χ3n) is 5.07. The Balaban J connectivity index is 1.53. The maximum absolute atomic E-state index is 12.1. The van der Waals surface area contributed by atoms with E-state index in [0.717, 1.165) is 37.4 Å². The molecule has 0 bridgehead atoms. The maximum Gasteiger partial charge on any atom is 0.410 e. The van der Waals surface area contributed by atoms with Crippen molar-refractivity contribution < 1.29 is 14.3 Å². The topological polar surface area (TPSA) is 65.1 Å². The smallest absolute Gasteiger partial charge is 0.410 e. The largest absolute Gasteiger partial charge is 0.444 e. The molecule has 1 saturated heterocycles. The third kappa shape index (κ3) is 10.7. The van der Waals surface area contributed by atoms with Gasteiger partial charge in [-0.1, -0.05) is 29.3 Å². The molecule has 2 amide bonds. The molecule has 0 aliphatic carbocycles. The van der Waals surface area contributed by atoms with E-state index in [-0.39, 0.29) is 12.0 Å². The predicted molar refractivity (Wildman–Crippen MR) is 136 cm³/mol. The van der Waals surface area contributed by atoms with Gasteiger partial charge in [0.2, 0.25) is 5.91 Å². The van der Waals surface area contributed by atoms with Crippen LogP contribution in [0.3, 0.4) is 0 Å². The van der Waals surface area contributed by atoms with Crippen LogP contribution < -0.4 is 5.32 Å². The Bertz CT molecular complexity index is 783. The minimum Gasteiger partial charge on any atom is -0.444 e. The Hall–Kier alpha value is -1.19. The Morgan fingerprint density at radius 2 is 1.85 bits per heavy atom. The molecule has 0 radical (unpaired) electrons. The van der Waals surface area contributed by atoms with Gasteiger partial charge in [0.15, 0.2) is 0 Å². The molecule has 33 heavy (non-hydrogen) atoms. The summed E-state index contributed by atoms with van der Waals surface area (Å²) in [6.45, 7) is 11.0. The first kappa shape index (κ1) is 28.1. The van der Waals surface area contributed by atoms with Crippen LogP contribution in [0.5, 0.6) is 0 Å². The average molecular weight is 520 g/mol. The lowest BCUT2D eigenvalue weighted by atomic mass is 10.2. The molecule has 10 heteroatoms. The number of carbonyl (C=O) groups excluding carboxylic acids is 2. The lowest BCUT2D eigenvalue weighted by molar-refractivity contribution is -0.121. The SMILES string of the molecule is CN(CCC(=O)NCCCCN1CCN(C(=O)OC(C)(C)C)CC1)Sc1cccc(Cl)c1Cl. The zero-order valence-electron chi connectivity index (χ0n) is 20.0. The summed E-state index contributed by atoms with van der Waals surface area (Å²) >= 11 is 13.7. The predicted octanol–water partition coefficient (Wildman–Crippen LogP) is 4.77. The van der Waals surface area contributed by atoms with E-state index in [4.69, 9.17) is 27.9 Å². The molecule has 7 nitrogen and oxygen atoms in total. The van der Waals surface area contributed by atoms with Gasteiger partial charge in [0.1, 0.15) is 5.60 Å². The normalized spacial score (nSPS) is 15.1. The first-order chi connectivity index (χ1) is 15.5. The fourth-order valence-corrected chi connectivity index (χ4v) is 4.59. The third-order valence-corrected chi connectivity index (χ3v) is 7.03. The first-order valence-electron chi connectivity index (χ1n) is 11.4. The molecule has 1 aliphatic rings. The number of benzene rings is 1. The fourth-order valence-electron chi connectivity index (χ4n) is 3.28. The van der Waals surface area contributed by atoms with E-state index in [1.54, 1.807) is 11.0 Å². The molecule has 1 heterocycles. The highest BCUT2D eigenvalue weighted by Gasteiger charge is 2.25. The average Bonchev–Trinajstić information content (AvgIpc) is 2.74. The van der Waals surface area contributed by atoms with Gasteiger partial charge in [-0.2, -0.15) is 0 Å². The molecular formula is C23H36Cl2N4O3S. The van der Waals surface area contributed by atoms with Gasteiger partial charge in [-0.3, -0.25) is 9.69 Å². The number of ether oxygens (including phenoxy) is 1. The van der Waals surface area contributed by atoms with Crippen LogP contribution in [-0.2, 0) is 9.53 Å². The number of nitrogens with zero attached hydrogens (tertiary/aromatic N) is 3. The van der Waals surface area contributed by atoms with Gasteiger partial charge in [-0.15, -0.1) is 0 Å². The van der Waals surface area contributed by atoms with Crippen LogP contribution in [0.15, 0.2) is 23.1 Å². The highest BCUT2D eigenvalue weighted by atomic mass is 35.5. The Morgan fingerprint density at radius 1 is 1.15 bits per heavy atom. The standard InChI is InChI=1S/C23H36Cl2N4O3S/c1-23(2,3)32-22(31)29-16-14-28(15-17-29)12-6-5-11-26-20(30)10-13-27(4)33-19-9-7-8-18(24)21(19)25/h7-9H,5-6,10-17H2,1-4H3,(H,26,30). The van der Waals surface area contributed by atoms with Crippen LogP contribution in [0.25, 0.3) is 0 Å². The molecule has 186 valence electrons. The van der Waals surface area contributed by atoms with Crippen molar-refractivity contribution in [1.82, 2.24) is 19.4 Å². The van der Waals surface area contributed by atoms with Crippen LogP contribution >= 0.6 is 35.1 Å². The van der Waals surface area contributed by atoms with Gasteiger partial charge in [-0.05, 0) is 71.3 Å². The number of rotatable bonds is 10. The molecule has 0 spiro atoms. The Morgan fingerprint density at radius 3 is 2.52 bits per heavy atom. The summed E-state index contributed by atoms with van der Waals surface area (Å²) in [4.78, 5) is 29.3. The van der Waals surface area contributed by atoms with E-state index in [2.05, 4.69) is 10.2 Å². The minimum atomic E-state index is -0.461. The number of unbranched alkanes of at least 4 members (excludes halogenated alkanes) is 1. The Kier molecular flexibility index (Phi) is 11.6. The first-order valence-corrected chi connectivity index (χ1v) is 12.9. The molecule has 2 rings (SSSR count). The van der Waals surface area contributed by atoms with Crippen molar-refractivity contribution in [2.45, 2.75) is 50.5 Å². The van der Waals surface area contributed by atoms with Gasteiger partial charge >= 0.3 is 6.09 Å². The summed E-state index contributed by atoms with van der Waals surface area (Å²) in [6, 6.07) is 5.52. The number of hydrogen-bond donors (Lipinski definition) is 1. The van der Waals surface area contributed by atoms with E-state index in [1.165, 1.54) is 11.9 Å². The summed E-state index contributed by atoms with van der Waals surface area (Å²) in [6.07, 6.45) is 2.13. The summed E-state index contributed by atoms with van der Waals surface area (Å²) in [5, 5.41) is 4.05. The number of nitrogens with one attached hydrogen (secondary N) is 1. The summed E-state index contributed by atoms with van der Waals surface area (Å²) in [5.41, 5.74) is -0.461. The van der Waals surface area contributed by atoms with Gasteiger partial charge in [0.05, 0.1) is 10.0 Å². The van der Waals surface area contributed by atoms with E-state index >= 15 is 0 Å². The van der Waals surface area contributed by atoms with Crippen LogP contribution in [0.4, 0.5) is 4.79 Å². The molecule has 0 saturated carbocycles. The molecular weight excluding hydrogens is 483 g/mol. The molecule has 1 N–H and O–H groups in total. The number of hydrogen-bond acceptors (Lipinski definition) is 6. The number of carbonyl (C=O) groups is 2. The van der Waals surface area contributed by atoms with Gasteiger partial charge < -0.3 is 15.0 Å². The fraction of sp³-hybridized carbons (Fsp3) is 0.652. The molecule has 0 unspecified atom stereocenters. The van der Waals surface area contributed by atoms with Gasteiger partial charge in [0.25, 0.3) is 0 Å². The van der Waals surface area contributed by atoms with E-state index in [0.29, 0.717) is 42.6 Å². The molecule has 1 fully saturated rings. The summed E-state index contributed by atoms with van der Waals surface area (Å²) in [5.74, 6) is 0.0469. The van der Waals surface area contributed by atoms with Gasteiger partial charge in [-0.25, -0.2) is 9.10 Å². The van der Waals surface area contributed by atoms with Crippen molar-refractivity contribution in [1.29, 1.82) is 0 Å². The van der Waals surface area contributed by atoms with Crippen molar-refractivity contribution in [3.05, 3.63) is 28.2 Å². The zero-order valence-corrected chi connectivity index (χ0v) is 22.4. The van der Waals surface area contributed by atoms with Crippen molar-refractivity contribution in [3.63, 3.8) is 0 Å². The monoisotopic (exact) mass is 518 g/mol. The van der Waals surface area contributed by atoms with E-state index < -0.39 is 5.60 Å². The Labute approximate surface area is 212 Å². The molecule has 1 aromatic carbocycles. The van der Waals surface area contributed by atoms with Crippen molar-refractivity contribution in [2.75, 3.05) is 52.9 Å². The number of amides is 2. The van der Waals surface area contributed by atoms with Crippen molar-refractivity contribution in [2.24, 2.45) is 0 Å². The molecule has 1 aromatic rings. The quantitative estimate of drug-likeness (QED) is 0.355.